The van der Waals surface area contributed by atoms with Crippen molar-refractivity contribution >= 4 is 17.4 Å². The third-order valence-electron chi connectivity index (χ3n) is 2.99. The van der Waals surface area contributed by atoms with Crippen molar-refractivity contribution in [1.29, 1.82) is 0 Å². The van der Waals surface area contributed by atoms with Crippen LogP contribution in [0.15, 0.2) is 18.2 Å². The topological polar surface area (TPSA) is 35.5 Å². The number of halogens is 1. The Morgan fingerprint density at radius 2 is 2.22 bits per heavy atom. The van der Waals surface area contributed by atoms with Crippen LogP contribution in [-0.4, -0.2) is 24.6 Å². The molecule has 0 radical (unpaired) electrons. The summed E-state index contributed by atoms with van der Waals surface area (Å²) < 4.78 is 11.3. The van der Waals surface area contributed by atoms with E-state index in [0.29, 0.717) is 18.1 Å². The van der Waals surface area contributed by atoms with Crippen molar-refractivity contribution in [3.63, 3.8) is 0 Å². The Labute approximate surface area is 112 Å². The molecule has 1 saturated carbocycles. The van der Waals surface area contributed by atoms with Crippen molar-refractivity contribution in [1.82, 2.24) is 0 Å². The lowest BCUT2D eigenvalue weighted by atomic mass is 9.90. The number of Topliss-reactive ketones (excluding diaryl/α,β-unsaturated/α-hetero) is 1. The molecule has 0 spiro atoms. The molecule has 0 aromatic heterocycles. The minimum absolute atomic E-state index is 0.119. The fraction of sp³-hybridized carbons (Fsp3) is 0.500. The van der Waals surface area contributed by atoms with Crippen LogP contribution in [0.25, 0.3) is 0 Å². The number of rotatable bonds is 5. The van der Waals surface area contributed by atoms with Crippen LogP contribution < -0.4 is 4.74 Å². The number of ether oxygens (including phenoxy) is 2. The molecule has 1 fully saturated rings. The number of carbonyl (C=O) groups is 1. The van der Waals surface area contributed by atoms with Gasteiger partial charge in [-0.05, 0) is 31.0 Å². The van der Waals surface area contributed by atoms with E-state index in [0.717, 1.165) is 17.7 Å². The molecule has 4 heteroatoms. The van der Waals surface area contributed by atoms with Crippen molar-refractivity contribution in [2.75, 3.05) is 6.61 Å². The van der Waals surface area contributed by atoms with Crippen molar-refractivity contribution in [2.24, 2.45) is 0 Å². The Morgan fingerprint density at radius 3 is 2.89 bits per heavy atom. The second-order valence-corrected chi connectivity index (χ2v) is 4.96. The predicted molar refractivity (Wildman–Crippen MR) is 70.3 cm³/mol. The van der Waals surface area contributed by atoms with E-state index in [9.17, 15) is 4.79 Å². The van der Waals surface area contributed by atoms with Gasteiger partial charge in [-0.15, -0.1) is 0 Å². The van der Waals surface area contributed by atoms with E-state index in [1.54, 1.807) is 6.07 Å². The Kier molecular flexibility index (Phi) is 4.25. The first kappa shape index (κ1) is 13.4. The standard InChI is InChI=1S/C14H17ClO3/c1-3-6-17-14-11(16)8-13(14)18-12-7-10(15)5-4-9(12)2/h4-5,7,13-14H,3,6,8H2,1-2H3. The van der Waals surface area contributed by atoms with Gasteiger partial charge in [0.05, 0.1) is 0 Å². The van der Waals surface area contributed by atoms with E-state index in [4.69, 9.17) is 21.1 Å². The number of hydrogen-bond donors (Lipinski definition) is 0. The third kappa shape index (κ3) is 2.85. The van der Waals surface area contributed by atoms with Crippen molar-refractivity contribution in [3.8, 4) is 5.75 Å². The summed E-state index contributed by atoms with van der Waals surface area (Å²) in [5.41, 5.74) is 1.01. The largest absolute Gasteiger partial charge is 0.486 e. The molecular weight excluding hydrogens is 252 g/mol. The number of aryl methyl sites for hydroxylation is 1. The lowest BCUT2D eigenvalue weighted by molar-refractivity contribution is -0.154. The van der Waals surface area contributed by atoms with E-state index >= 15 is 0 Å². The quantitative estimate of drug-likeness (QED) is 0.823. The fourth-order valence-electron chi connectivity index (χ4n) is 1.88. The van der Waals surface area contributed by atoms with Gasteiger partial charge >= 0.3 is 0 Å². The summed E-state index contributed by atoms with van der Waals surface area (Å²) in [5, 5.41) is 0.632. The van der Waals surface area contributed by atoms with Gasteiger partial charge in [0.2, 0.25) is 0 Å². The summed E-state index contributed by atoms with van der Waals surface area (Å²) in [6, 6.07) is 5.50. The van der Waals surface area contributed by atoms with Crippen LogP contribution in [0.5, 0.6) is 5.75 Å². The van der Waals surface area contributed by atoms with Gasteiger partial charge in [-0.2, -0.15) is 0 Å². The maximum Gasteiger partial charge on any atom is 0.169 e. The molecule has 2 rings (SSSR count). The smallest absolute Gasteiger partial charge is 0.169 e. The molecule has 18 heavy (non-hydrogen) atoms. The summed E-state index contributed by atoms with van der Waals surface area (Å²) in [6.45, 7) is 4.55. The molecule has 0 N–H and O–H groups in total. The molecular formula is C14H17ClO3. The number of ketones is 1. The molecule has 0 bridgehead atoms. The molecule has 3 nitrogen and oxygen atoms in total. The van der Waals surface area contributed by atoms with Crippen LogP contribution >= 0.6 is 11.6 Å². The summed E-state index contributed by atoms with van der Waals surface area (Å²) in [5.74, 6) is 0.846. The molecule has 2 unspecified atom stereocenters. The van der Waals surface area contributed by atoms with E-state index in [-0.39, 0.29) is 11.9 Å². The Bertz CT molecular complexity index is 445. The van der Waals surface area contributed by atoms with Crippen LogP contribution in [0, 0.1) is 6.92 Å². The first-order valence-corrected chi connectivity index (χ1v) is 6.56. The summed E-state index contributed by atoms with van der Waals surface area (Å²) in [6.07, 6.45) is 0.720. The van der Waals surface area contributed by atoms with Gasteiger partial charge < -0.3 is 9.47 Å². The zero-order valence-electron chi connectivity index (χ0n) is 10.6. The number of carbonyl (C=O) groups excluding carboxylic acids is 1. The Hall–Kier alpha value is -1.06. The zero-order chi connectivity index (χ0) is 13.1. The van der Waals surface area contributed by atoms with Crippen LogP contribution in [0.2, 0.25) is 5.02 Å². The molecule has 1 aromatic rings. The average molecular weight is 269 g/mol. The highest BCUT2D eigenvalue weighted by Crippen LogP contribution is 2.29. The predicted octanol–water partition coefficient (Wildman–Crippen LogP) is 3.16. The molecule has 1 aliphatic rings. The molecule has 1 aliphatic carbocycles. The average Bonchev–Trinajstić information content (AvgIpc) is 2.33. The lowest BCUT2D eigenvalue weighted by Crippen LogP contribution is -2.52. The zero-order valence-corrected chi connectivity index (χ0v) is 11.4. The van der Waals surface area contributed by atoms with Crippen molar-refractivity contribution in [2.45, 2.75) is 38.9 Å². The monoisotopic (exact) mass is 268 g/mol. The number of benzene rings is 1. The maximum atomic E-state index is 11.5. The SMILES string of the molecule is CCCOC1C(=O)CC1Oc1cc(Cl)ccc1C. The highest BCUT2D eigenvalue weighted by molar-refractivity contribution is 6.30. The molecule has 0 heterocycles. The van der Waals surface area contributed by atoms with Gasteiger partial charge in [0.25, 0.3) is 0 Å². The van der Waals surface area contributed by atoms with Gasteiger partial charge in [0.15, 0.2) is 11.9 Å². The highest BCUT2D eigenvalue weighted by atomic mass is 35.5. The van der Waals surface area contributed by atoms with Crippen LogP contribution in [0.3, 0.4) is 0 Å². The molecule has 0 amide bonds. The van der Waals surface area contributed by atoms with E-state index in [1.807, 2.05) is 26.0 Å². The van der Waals surface area contributed by atoms with E-state index < -0.39 is 6.10 Å². The molecule has 0 saturated heterocycles. The highest BCUT2D eigenvalue weighted by Gasteiger charge is 2.42. The molecule has 2 atom stereocenters. The van der Waals surface area contributed by atoms with Gasteiger partial charge in [-0.1, -0.05) is 24.6 Å². The number of hydrogen-bond acceptors (Lipinski definition) is 3. The van der Waals surface area contributed by atoms with Crippen LogP contribution in [-0.2, 0) is 9.53 Å². The minimum Gasteiger partial charge on any atom is -0.486 e. The minimum atomic E-state index is -0.414. The summed E-state index contributed by atoms with van der Waals surface area (Å²) in [4.78, 5) is 11.5. The summed E-state index contributed by atoms with van der Waals surface area (Å²) >= 11 is 5.93. The second-order valence-electron chi connectivity index (χ2n) is 4.53. The van der Waals surface area contributed by atoms with E-state index in [2.05, 4.69) is 0 Å². The van der Waals surface area contributed by atoms with Crippen molar-refractivity contribution in [3.05, 3.63) is 28.8 Å². The van der Waals surface area contributed by atoms with Gasteiger partial charge in [0.1, 0.15) is 11.9 Å². The van der Waals surface area contributed by atoms with Gasteiger partial charge in [-0.3, -0.25) is 4.79 Å². The summed E-state index contributed by atoms with van der Waals surface area (Å²) in [7, 11) is 0. The first-order chi connectivity index (χ1) is 8.61. The lowest BCUT2D eigenvalue weighted by Gasteiger charge is -2.35. The molecule has 0 aliphatic heterocycles. The first-order valence-electron chi connectivity index (χ1n) is 6.19. The van der Waals surface area contributed by atoms with E-state index in [1.165, 1.54) is 0 Å². The molecule has 98 valence electrons. The van der Waals surface area contributed by atoms with Crippen molar-refractivity contribution < 1.29 is 14.3 Å². The van der Waals surface area contributed by atoms with Crippen LogP contribution in [0.1, 0.15) is 25.3 Å². The molecule has 1 aromatic carbocycles. The Morgan fingerprint density at radius 1 is 1.44 bits per heavy atom. The van der Waals surface area contributed by atoms with Gasteiger partial charge in [0, 0.05) is 18.1 Å². The van der Waals surface area contributed by atoms with Crippen LogP contribution in [0.4, 0.5) is 0 Å². The maximum absolute atomic E-state index is 11.5. The fourth-order valence-corrected chi connectivity index (χ4v) is 2.04. The third-order valence-corrected chi connectivity index (χ3v) is 3.22. The normalized spacial score (nSPS) is 22.7. The van der Waals surface area contributed by atoms with Gasteiger partial charge in [-0.25, -0.2) is 0 Å². The Balaban J connectivity index is 2.01. The second kappa shape index (κ2) is 5.72.